The number of H-pyrrole nitrogens is 1. The van der Waals surface area contributed by atoms with Gasteiger partial charge in [0.1, 0.15) is 5.82 Å². The molecule has 2 nitrogen and oxygen atoms in total. The summed E-state index contributed by atoms with van der Waals surface area (Å²) < 4.78 is 16.1. The number of aromatic amines is 1. The zero-order valence-corrected chi connectivity index (χ0v) is 11.6. The third-order valence-electron chi connectivity index (χ3n) is 2.99. The van der Waals surface area contributed by atoms with Gasteiger partial charge in [-0.05, 0) is 55.0 Å². The summed E-state index contributed by atoms with van der Waals surface area (Å²) >= 11 is 11.2. The molecule has 0 atom stereocenters. The maximum absolute atomic E-state index is 14.0. The van der Waals surface area contributed by atoms with Gasteiger partial charge in [0.05, 0.1) is 16.7 Å². The Morgan fingerprint density at radius 2 is 2.00 bits per heavy atom. The summed E-state index contributed by atoms with van der Waals surface area (Å²) in [5, 5.41) is 0.472. The highest BCUT2D eigenvalue weighted by Gasteiger charge is 2.11. The molecule has 3 aromatic rings. The van der Waals surface area contributed by atoms with Crippen molar-refractivity contribution in [2.24, 2.45) is 0 Å². The van der Waals surface area contributed by atoms with Gasteiger partial charge in [0.2, 0.25) is 0 Å². The number of fused-ring (bicyclic) bond motifs is 1. The van der Waals surface area contributed by atoms with Crippen LogP contribution in [0.1, 0.15) is 5.56 Å². The van der Waals surface area contributed by atoms with Crippen LogP contribution in [0.2, 0.25) is 5.02 Å². The largest absolute Gasteiger partial charge is 0.330 e. The first kappa shape index (κ1) is 12.4. The molecule has 19 heavy (non-hydrogen) atoms. The molecule has 0 aliphatic carbocycles. The van der Waals surface area contributed by atoms with E-state index in [1.54, 1.807) is 10.6 Å². The van der Waals surface area contributed by atoms with Crippen molar-refractivity contribution in [3.05, 3.63) is 57.6 Å². The third kappa shape index (κ3) is 2.07. The maximum atomic E-state index is 14.0. The summed E-state index contributed by atoms with van der Waals surface area (Å²) in [6.07, 6.45) is 0. The second-order valence-electron chi connectivity index (χ2n) is 4.38. The van der Waals surface area contributed by atoms with E-state index >= 15 is 0 Å². The Labute approximate surface area is 119 Å². The number of aryl methyl sites for hydroxylation is 1. The number of imidazole rings is 1. The lowest BCUT2D eigenvalue weighted by Crippen LogP contribution is -1.97. The predicted octanol–water partition coefficient (Wildman–Crippen LogP) is 4.79. The molecule has 0 amide bonds. The van der Waals surface area contributed by atoms with Crippen molar-refractivity contribution in [3.8, 4) is 5.69 Å². The van der Waals surface area contributed by atoms with Crippen molar-refractivity contribution < 1.29 is 4.39 Å². The zero-order chi connectivity index (χ0) is 13.6. The Balaban J connectivity index is 2.39. The van der Waals surface area contributed by atoms with Crippen LogP contribution >= 0.6 is 23.8 Å². The fraction of sp³-hybridized carbons (Fsp3) is 0.0714. The van der Waals surface area contributed by atoms with E-state index in [2.05, 4.69) is 4.98 Å². The van der Waals surface area contributed by atoms with E-state index in [9.17, 15) is 4.39 Å². The molecule has 0 bridgehead atoms. The van der Waals surface area contributed by atoms with Gasteiger partial charge >= 0.3 is 0 Å². The van der Waals surface area contributed by atoms with Crippen LogP contribution in [0.25, 0.3) is 16.7 Å². The minimum Gasteiger partial charge on any atom is -0.330 e. The first-order valence-electron chi connectivity index (χ1n) is 5.73. The molecule has 1 heterocycles. The number of nitrogens with zero attached hydrogens (tertiary/aromatic N) is 1. The summed E-state index contributed by atoms with van der Waals surface area (Å²) in [6, 6.07) is 10.3. The number of halogens is 2. The van der Waals surface area contributed by atoms with Gasteiger partial charge in [-0.2, -0.15) is 0 Å². The van der Waals surface area contributed by atoms with Crippen molar-refractivity contribution in [3.63, 3.8) is 0 Å². The summed E-state index contributed by atoms with van der Waals surface area (Å²) in [6.45, 7) is 1.99. The van der Waals surface area contributed by atoms with Gasteiger partial charge in [-0.15, -0.1) is 0 Å². The van der Waals surface area contributed by atoms with Crippen LogP contribution in [0.3, 0.4) is 0 Å². The molecule has 3 rings (SSSR count). The van der Waals surface area contributed by atoms with Gasteiger partial charge in [0, 0.05) is 5.02 Å². The highest BCUT2D eigenvalue weighted by Crippen LogP contribution is 2.24. The smallest absolute Gasteiger partial charge is 0.182 e. The summed E-state index contributed by atoms with van der Waals surface area (Å²) in [5.41, 5.74) is 3.18. The molecule has 5 heteroatoms. The molecule has 0 fully saturated rings. The van der Waals surface area contributed by atoms with Gasteiger partial charge in [0.15, 0.2) is 4.77 Å². The molecular formula is C14H10ClFN2S. The van der Waals surface area contributed by atoms with Crippen LogP contribution in [-0.2, 0) is 0 Å². The summed E-state index contributed by atoms with van der Waals surface area (Å²) in [5.74, 6) is -0.359. The predicted molar refractivity (Wildman–Crippen MR) is 78.2 cm³/mol. The first-order chi connectivity index (χ1) is 9.06. The van der Waals surface area contributed by atoms with Gasteiger partial charge < -0.3 is 4.98 Å². The first-order valence-corrected chi connectivity index (χ1v) is 6.52. The normalized spacial score (nSPS) is 11.1. The van der Waals surface area contributed by atoms with Crippen LogP contribution < -0.4 is 0 Å². The van der Waals surface area contributed by atoms with E-state index in [1.807, 2.05) is 25.1 Å². The molecule has 2 aromatic carbocycles. The van der Waals surface area contributed by atoms with Crippen molar-refractivity contribution in [1.82, 2.24) is 9.55 Å². The topological polar surface area (TPSA) is 20.7 Å². The lowest BCUT2D eigenvalue weighted by Gasteiger charge is -2.06. The lowest BCUT2D eigenvalue weighted by molar-refractivity contribution is 0.619. The average Bonchev–Trinajstić information content (AvgIpc) is 2.67. The molecule has 0 unspecified atom stereocenters. The zero-order valence-electron chi connectivity index (χ0n) is 10.1. The summed E-state index contributed by atoms with van der Waals surface area (Å²) in [7, 11) is 0. The second-order valence-corrected chi connectivity index (χ2v) is 5.21. The van der Waals surface area contributed by atoms with E-state index in [-0.39, 0.29) is 5.82 Å². The highest BCUT2D eigenvalue weighted by molar-refractivity contribution is 7.71. The van der Waals surface area contributed by atoms with Crippen LogP contribution in [0, 0.1) is 17.5 Å². The average molecular weight is 293 g/mol. The molecular weight excluding hydrogens is 283 g/mol. The van der Waals surface area contributed by atoms with Crippen molar-refractivity contribution in [2.75, 3.05) is 0 Å². The van der Waals surface area contributed by atoms with Gasteiger partial charge in [-0.1, -0.05) is 17.7 Å². The van der Waals surface area contributed by atoms with E-state index in [0.29, 0.717) is 15.5 Å². The Morgan fingerprint density at radius 1 is 1.21 bits per heavy atom. The van der Waals surface area contributed by atoms with Crippen LogP contribution in [0.4, 0.5) is 4.39 Å². The number of nitrogens with one attached hydrogen (secondary N) is 1. The van der Waals surface area contributed by atoms with Crippen molar-refractivity contribution in [2.45, 2.75) is 6.92 Å². The molecule has 96 valence electrons. The molecule has 0 saturated carbocycles. The molecule has 0 spiro atoms. The minimum absolute atomic E-state index is 0.354. The van der Waals surface area contributed by atoms with Crippen LogP contribution in [0.15, 0.2) is 36.4 Å². The SMILES string of the molecule is Cc1ccc2c(c1)[nH]c(=S)n2-c1cc(Cl)ccc1F. The fourth-order valence-corrected chi connectivity index (χ4v) is 2.59. The monoisotopic (exact) mass is 292 g/mol. The Bertz CT molecular complexity index is 835. The maximum Gasteiger partial charge on any atom is 0.182 e. The van der Waals surface area contributed by atoms with Gasteiger partial charge in [-0.25, -0.2) is 4.39 Å². The molecule has 1 N–H and O–H groups in total. The Kier molecular flexibility index (Phi) is 2.92. The Hall–Kier alpha value is -1.65. The standard InChI is InChI=1S/C14H10ClFN2S/c1-8-2-5-12-11(6-8)17-14(19)18(12)13-7-9(15)3-4-10(13)16/h2-7H,1H3,(H,17,19). The quantitative estimate of drug-likeness (QED) is 0.640. The molecule has 0 aliphatic rings. The van der Waals surface area contributed by atoms with Crippen LogP contribution in [0.5, 0.6) is 0 Å². The van der Waals surface area contributed by atoms with E-state index in [4.69, 9.17) is 23.8 Å². The molecule has 0 aliphatic heterocycles. The third-order valence-corrected chi connectivity index (χ3v) is 3.51. The van der Waals surface area contributed by atoms with E-state index < -0.39 is 0 Å². The second kappa shape index (κ2) is 4.47. The lowest BCUT2D eigenvalue weighted by atomic mass is 10.2. The minimum atomic E-state index is -0.359. The number of benzene rings is 2. The van der Waals surface area contributed by atoms with Gasteiger partial charge in [0.25, 0.3) is 0 Å². The number of rotatable bonds is 1. The highest BCUT2D eigenvalue weighted by atomic mass is 35.5. The van der Waals surface area contributed by atoms with E-state index in [0.717, 1.165) is 16.6 Å². The van der Waals surface area contributed by atoms with E-state index in [1.165, 1.54) is 12.1 Å². The molecule has 0 radical (unpaired) electrons. The molecule has 0 saturated heterocycles. The number of hydrogen-bond acceptors (Lipinski definition) is 1. The van der Waals surface area contributed by atoms with Gasteiger partial charge in [-0.3, -0.25) is 4.57 Å². The van der Waals surface area contributed by atoms with Crippen molar-refractivity contribution >= 4 is 34.9 Å². The van der Waals surface area contributed by atoms with Crippen LogP contribution in [-0.4, -0.2) is 9.55 Å². The number of aromatic nitrogens is 2. The van der Waals surface area contributed by atoms with Crippen molar-refractivity contribution in [1.29, 1.82) is 0 Å². The molecule has 1 aromatic heterocycles. The Morgan fingerprint density at radius 3 is 2.79 bits per heavy atom. The fourth-order valence-electron chi connectivity index (χ4n) is 2.12. The number of hydrogen-bond donors (Lipinski definition) is 1. The summed E-state index contributed by atoms with van der Waals surface area (Å²) in [4.78, 5) is 3.08.